The van der Waals surface area contributed by atoms with Crippen LogP contribution in [0.3, 0.4) is 0 Å². The first-order valence-corrected chi connectivity index (χ1v) is 9.99. The molecule has 0 aliphatic heterocycles. The molecule has 3 aromatic rings. The summed E-state index contributed by atoms with van der Waals surface area (Å²) in [5, 5.41) is 10.6. The van der Waals surface area contributed by atoms with Gasteiger partial charge >= 0.3 is 0 Å². The number of hydrogen-bond donors (Lipinski definition) is 1. The number of carbonyl (C=O) groups excluding carboxylic acids is 1. The molecule has 1 aliphatic rings. The van der Waals surface area contributed by atoms with E-state index < -0.39 is 27.5 Å². The van der Waals surface area contributed by atoms with Gasteiger partial charge in [-0.2, -0.15) is 0 Å². The van der Waals surface area contributed by atoms with E-state index in [4.69, 9.17) is 4.74 Å². The van der Waals surface area contributed by atoms with Gasteiger partial charge in [0.25, 0.3) is 10.0 Å². The molecule has 1 atom stereocenters. The van der Waals surface area contributed by atoms with E-state index in [0.29, 0.717) is 17.0 Å². The van der Waals surface area contributed by atoms with E-state index in [9.17, 15) is 18.3 Å². The molecule has 1 aromatic heterocycles. The van der Waals surface area contributed by atoms with Crippen LogP contribution in [0.15, 0.2) is 83.5 Å². The molecule has 1 unspecified atom stereocenters. The van der Waals surface area contributed by atoms with E-state index >= 15 is 0 Å². The number of carbonyl (C=O) groups is 1. The number of hydrogen-bond acceptors (Lipinski definition) is 5. The summed E-state index contributed by atoms with van der Waals surface area (Å²) < 4.78 is 33.3. The molecule has 28 heavy (non-hydrogen) atoms. The Morgan fingerprint density at radius 3 is 2.46 bits per heavy atom. The molecule has 0 saturated carbocycles. The van der Waals surface area contributed by atoms with Gasteiger partial charge in [0.05, 0.1) is 17.5 Å². The number of ketones is 1. The van der Waals surface area contributed by atoms with E-state index in [1.807, 2.05) is 12.1 Å². The largest absolute Gasteiger partial charge is 0.504 e. The van der Waals surface area contributed by atoms with Gasteiger partial charge < -0.3 is 9.84 Å². The van der Waals surface area contributed by atoms with Crippen molar-refractivity contribution < 1.29 is 23.1 Å². The second kappa shape index (κ2) is 6.69. The average Bonchev–Trinajstić information content (AvgIpc) is 3.10. The lowest BCUT2D eigenvalue weighted by Crippen LogP contribution is -2.18. The Morgan fingerprint density at radius 1 is 1.07 bits per heavy atom. The molecule has 0 amide bonds. The van der Waals surface area contributed by atoms with Gasteiger partial charge in [-0.3, -0.25) is 4.79 Å². The number of aliphatic hydroxyl groups excluding tert-OH is 1. The van der Waals surface area contributed by atoms with Crippen LogP contribution in [-0.4, -0.2) is 30.4 Å². The highest BCUT2D eigenvalue weighted by molar-refractivity contribution is 7.90. The number of ether oxygens (including phenoxy) is 1. The Labute approximate surface area is 162 Å². The lowest BCUT2D eigenvalue weighted by molar-refractivity contribution is -0.113. The highest BCUT2D eigenvalue weighted by atomic mass is 32.2. The SMILES string of the molecule is COc1ccc(S(=O)(=O)n2c(C3C=CC(=O)C(O)=C3)cc3ccccc32)cc1. The molecular weight excluding hydrogens is 378 g/mol. The zero-order valence-corrected chi connectivity index (χ0v) is 15.8. The molecule has 0 radical (unpaired) electrons. The van der Waals surface area contributed by atoms with Crippen LogP contribution in [0.1, 0.15) is 11.6 Å². The lowest BCUT2D eigenvalue weighted by atomic mass is 9.98. The summed E-state index contributed by atoms with van der Waals surface area (Å²) in [5.41, 5.74) is 0.957. The number of para-hydroxylation sites is 1. The monoisotopic (exact) mass is 395 g/mol. The molecule has 1 N–H and O–H groups in total. The first kappa shape index (κ1) is 18.1. The summed E-state index contributed by atoms with van der Waals surface area (Å²) >= 11 is 0. The van der Waals surface area contributed by atoms with E-state index in [0.717, 1.165) is 5.39 Å². The molecule has 2 aromatic carbocycles. The maximum Gasteiger partial charge on any atom is 0.268 e. The van der Waals surface area contributed by atoms with Crippen molar-refractivity contribution in [1.82, 2.24) is 3.97 Å². The Kier molecular flexibility index (Phi) is 4.31. The van der Waals surface area contributed by atoms with E-state index in [-0.39, 0.29) is 4.90 Å². The van der Waals surface area contributed by atoms with Crippen molar-refractivity contribution in [2.45, 2.75) is 10.8 Å². The minimum atomic E-state index is -3.93. The van der Waals surface area contributed by atoms with Crippen molar-refractivity contribution >= 4 is 26.7 Å². The Bertz CT molecular complexity index is 1230. The quantitative estimate of drug-likeness (QED) is 0.730. The minimum absolute atomic E-state index is 0.111. The summed E-state index contributed by atoms with van der Waals surface area (Å²) in [7, 11) is -2.42. The summed E-state index contributed by atoms with van der Waals surface area (Å²) in [6, 6.07) is 15.0. The fourth-order valence-electron chi connectivity index (χ4n) is 3.27. The summed E-state index contributed by atoms with van der Waals surface area (Å²) in [6.07, 6.45) is 4.19. The Hall–Kier alpha value is -3.32. The lowest BCUT2D eigenvalue weighted by Gasteiger charge is -2.17. The van der Waals surface area contributed by atoms with E-state index in [1.165, 1.54) is 35.4 Å². The molecule has 0 fully saturated rings. The average molecular weight is 395 g/mol. The third-order valence-electron chi connectivity index (χ3n) is 4.68. The van der Waals surface area contributed by atoms with Gasteiger partial charge in [0.15, 0.2) is 5.76 Å². The van der Waals surface area contributed by atoms with Gasteiger partial charge in [-0.25, -0.2) is 12.4 Å². The van der Waals surface area contributed by atoms with Gasteiger partial charge in [-0.15, -0.1) is 0 Å². The number of rotatable bonds is 4. The highest BCUT2D eigenvalue weighted by Gasteiger charge is 2.27. The second-order valence-corrected chi connectivity index (χ2v) is 8.16. The number of methoxy groups -OCH3 is 1. The van der Waals surface area contributed by atoms with E-state index in [1.54, 1.807) is 36.4 Å². The summed E-state index contributed by atoms with van der Waals surface area (Å²) in [6.45, 7) is 0. The van der Waals surface area contributed by atoms with Crippen LogP contribution in [0.2, 0.25) is 0 Å². The number of fused-ring (bicyclic) bond motifs is 1. The highest BCUT2D eigenvalue weighted by Crippen LogP contribution is 2.33. The minimum Gasteiger partial charge on any atom is -0.504 e. The predicted octanol–water partition coefficient (Wildman–Crippen LogP) is 3.55. The number of allylic oxidation sites excluding steroid dienone is 3. The van der Waals surface area contributed by atoms with Crippen LogP contribution in [0, 0.1) is 0 Å². The number of nitrogens with zero attached hydrogens (tertiary/aromatic N) is 1. The van der Waals surface area contributed by atoms with Crippen LogP contribution in [-0.2, 0) is 14.8 Å². The van der Waals surface area contributed by atoms with Crippen molar-refractivity contribution in [2.24, 2.45) is 0 Å². The molecule has 0 spiro atoms. The van der Waals surface area contributed by atoms with Gasteiger partial charge in [0.2, 0.25) is 5.78 Å². The van der Waals surface area contributed by atoms with Gasteiger partial charge in [-0.1, -0.05) is 24.3 Å². The third kappa shape index (κ3) is 2.90. The molecule has 4 rings (SSSR count). The normalized spacial score (nSPS) is 17.0. The zero-order chi connectivity index (χ0) is 19.9. The summed E-state index contributed by atoms with van der Waals surface area (Å²) in [5.74, 6) is -0.903. The molecule has 6 nitrogen and oxygen atoms in total. The molecule has 142 valence electrons. The number of aromatic nitrogens is 1. The van der Waals surface area contributed by atoms with Crippen LogP contribution in [0.25, 0.3) is 10.9 Å². The van der Waals surface area contributed by atoms with Gasteiger partial charge in [0.1, 0.15) is 5.75 Å². The van der Waals surface area contributed by atoms with Crippen LogP contribution >= 0.6 is 0 Å². The third-order valence-corrected chi connectivity index (χ3v) is 6.43. The molecule has 7 heteroatoms. The Morgan fingerprint density at radius 2 is 1.79 bits per heavy atom. The molecule has 0 saturated heterocycles. The first-order chi connectivity index (χ1) is 13.4. The predicted molar refractivity (Wildman–Crippen MR) is 105 cm³/mol. The fourth-order valence-corrected chi connectivity index (χ4v) is 4.84. The molecular formula is C21H17NO5S. The molecule has 1 heterocycles. The maximum absolute atomic E-state index is 13.5. The smallest absolute Gasteiger partial charge is 0.268 e. The standard InChI is InChI=1S/C21H17NO5S/c1-27-16-7-9-17(10-8-16)28(25,26)22-18-5-3-2-4-14(18)12-19(22)15-6-11-20(23)21(24)13-15/h2-13,15,24H,1H3. The molecule has 0 bridgehead atoms. The van der Waals surface area contributed by atoms with Gasteiger partial charge in [-0.05, 0) is 48.6 Å². The van der Waals surface area contributed by atoms with Gasteiger partial charge in [0, 0.05) is 17.0 Å². The maximum atomic E-state index is 13.5. The van der Waals surface area contributed by atoms with Crippen LogP contribution in [0.5, 0.6) is 5.75 Å². The number of benzene rings is 2. The topological polar surface area (TPSA) is 85.6 Å². The number of aliphatic hydroxyl groups is 1. The van der Waals surface area contributed by atoms with E-state index in [2.05, 4.69) is 0 Å². The first-order valence-electron chi connectivity index (χ1n) is 8.55. The molecule has 1 aliphatic carbocycles. The van der Waals surface area contributed by atoms with Crippen molar-refractivity contribution in [3.63, 3.8) is 0 Å². The zero-order valence-electron chi connectivity index (χ0n) is 14.9. The van der Waals surface area contributed by atoms with Crippen LogP contribution in [0.4, 0.5) is 0 Å². The van der Waals surface area contributed by atoms with Crippen molar-refractivity contribution in [3.8, 4) is 5.75 Å². The second-order valence-electron chi connectivity index (χ2n) is 6.37. The Balaban J connectivity index is 1.95. The van der Waals surface area contributed by atoms with Crippen LogP contribution < -0.4 is 4.74 Å². The fraction of sp³-hybridized carbons (Fsp3) is 0.0952. The van der Waals surface area contributed by atoms with Crippen molar-refractivity contribution in [1.29, 1.82) is 0 Å². The summed E-state index contributed by atoms with van der Waals surface area (Å²) in [4.78, 5) is 11.7. The van der Waals surface area contributed by atoms with Crippen molar-refractivity contribution in [3.05, 3.63) is 84.3 Å². The van der Waals surface area contributed by atoms with Crippen molar-refractivity contribution in [2.75, 3.05) is 7.11 Å².